The molecule has 2 heteroatoms. The summed E-state index contributed by atoms with van der Waals surface area (Å²) < 4.78 is 0. The molecule has 0 bridgehead atoms. The molecule has 2 rings (SSSR count). The van der Waals surface area contributed by atoms with Gasteiger partial charge in [0.05, 0.1) is 0 Å². The molecule has 0 radical (unpaired) electrons. The van der Waals surface area contributed by atoms with Gasteiger partial charge in [0.1, 0.15) is 0 Å². The topological polar surface area (TPSA) is 6.48 Å². The van der Waals surface area contributed by atoms with E-state index in [4.69, 9.17) is 0 Å². The van der Waals surface area contributed by atoms with E-state index in [1.54, 1.807) is 0 Å². The Morgan fingerprint density at radius 2 is 1.89 bits per heavy atom. The van der Waals surface area contributed by atoms with Crippen LogP contribution in [0.4, 0.5) is 0 Å². The first-order valence-electron chi connectivity index (χ1n) is 7.15. The van der Waals surface area contributed by atoms with Gasteiger partial charge in [-0.2, -0.15) is 0 Å². The van der Waals surface area contributed by atoms with Crippen LogP contribution in [0.3, 0.4) is 0 Å². The normalized spacial score (nSPS) is 22.6. The lowest BCUT2D eigenvalue weighted by atomic mass is 10.1. The second-order valence-electron chi connectivity index (χ2n) is 5.96. The summed E-state index contributed by atoms with van der Waals surface area (Å²) in [5.74, 6) is 0.776. The lowest BCUT2D eigenvalue weighted by Crippen LogP contribution is -2.52. The molecular formula is C16H26N2. The fourth-order valence-electron chi connectivity index (χ4n) is 2.81. The van der Waals surface area contributed by atoms with Crippen molar-refractivity contribution in [1.29, 1.82) is 0 Å². The van der Waals surface area contributed by atoms with Crippen molar-refractivity contribution in [1.82, 2.24) is 9.80 Å². The second kappa shape index (κ2) is 6.35. The van der Waals surface area contributed by atoms with Crippen molar-refractivity contribution in [2.45, 2.75) is 33.4 Å². The highest BCUT2D eigenvalue weighted by molar-refractivity contribution is 5.14. The third-order valence-electron chi connectivity index (χ3n) is 3.70. The van der Waals surface area contributed by atoms with Crippen molar-refractivity contribution in [3.63, 3.8) is 0 Å². The average Bonchev–Trinajstić information content (AvgIpc) is 2.33. The van der Waals surface area contributed by atoms with Crippen LogP contribution in [-0.4, -0.2) is 42.0 Å². The van der Waals surface area contributed by atoms with Crippen LogP contribution in [0.1, 0.15) is 26.3 Å². The molecule has 18 heavy (non-hydrogen) atoms. The van der Waals surface area contributed by atoms with Gasteiger partial charge in [-0.1, -0.05) is 44.2 Å². The smallest absolute Gasteiger partial charge is 0.0237 e. The standard InChI is InChI=1S/C16H26N2/c1-14(2)11-17-9-10-18(15(3)12-17)13-16-7-5-4-6-8-16/h4-8,14-15H,9-13H2,1-3H3. The van der Waals surface area contributed by atoms with E-state index in [9.17, 15) is 0 Å². The molecule has 0 saturated carbocycles. The SMILES string of the molecule is CC(C)CN1CCN(Cc2ccccc2)C(C)C1. The zero-order valence-corrected chi connectivity index (χ0v) is 12.0. The largest absolute Gasteiger partial charge is 0.300 e. The highest BCUT2D eigenvalue weighted by Crippen LogP contribution is 2.14. The highest BCUT2D eigenvalue weighted by atomic mass is 15.3. The van der Waals surface area contributed by atoms with Gasteiger partial charge < -0.3 is 4.90 Å². The summed E-state index contributed by atoms with van der Waals surface area (Å²) in [6.45, 7) is 12.9. The molecule has 1 aromatic rings. The first-order valence-corrected chi connectivity index (χ1v) is 7.15. The van der Waals surface area contributed by atoms with Gasteiger partial charge in [-0.25, -0.2) is 0 Å². The molecule has 1 aliphatic heterocycles. The summed E-state index contributed by atoms with van der Waals surface area (Å²) in [6, 6.07) is 11.5. The average molecular weight is 246 g/mol. The molecule has 1 heterocycles. The minimum Gasteiger partial charge on any atom is -0.300 e. The van der Waals surface area contributed by atoms with Crippen LogP contribution in [0, 0.1) is 5.92 Å². The number of hydrogen-bond donors (Lipinski definition) is 0. The number of benzene rings is 1. The van der Waals surface area contributed by atoms with E-state index < -0.39 is 0 Å². The molecule has 0 spiro atoms. The molecule has 1 unspecified atom stereocenters. The molecule has 1 aliphatic rings. The Balaban J connectivity index is 1.86. The van der Waals surface area contributed by atoms with Crippen LogP contribution in [0.2, 0.25) is 0 Å². The molecule has 0 N–H and O–H groups in total. The van der Waals surface area contributed by atoms with E-state index in [-0.39, 0.29) is 0 Å². The zero-order valence-electron chi connectivity index (χ0n) is 12.0. The Labute approximate surface area is 112 Å². The van der Waals surface area contributed by atoms with E-state index in [0.29, 0.717) is 6.04 Å². The zero-order chi connectivity index (χ0) is 13.0. The van der Waals surface area contributed by atoms with E-state index in [1.165, 1.54) is 31.7 Å². The maximum Gasteiger partial charge on any atom is 0.0237 e. The van der Waals surface area contributed by atoms with Crippen LogP contribution < -0.4 is 0 Å². The van der Waals surface area contributed by atoms with E-state index >= 15 is 0 Å². The van der Waals surface area contributed by atoms with Crippen molar-refractivity contribution >= 4 is 0 Å². The molecule has 1 saturated heterocycles. The highest BCUT2D eigenvalue weighted by Gasteiger charge is 2.23. The second-order valence-corrected chi connectivity index (χ2v) is 5.96. The Morgan fingerprint density at radius 3 is 2.50 bits per heavy atom. The van der Waals surface area contributed by atoms with Crippen molar-refractivity contribution in [3.8, 4) is 0 Å². The van der Waals surface area contributed by atoms with Gasteiger partial charge in [-0.3, -0.25) is 4.90 Å². The summed E-state index contributed by atoms with van der Waals surface area (Å²) in [5.41, 5.74) is 1.43. The van der Waals surface area contributed by atoms with Crippen LogP contribution in [0.25, 0.3) is 0 Å². The molecule has 0 aliphatic carbocycles. The third kappa shape index (κ3) is 3.82. The monoisotopic (exact) mass is 246 g/mol. The van der Waals surface area contributed by atoms with Crippen molar-refractivity contribution in [2.75, 3.05) is 26.2 Å². The minimum atomic E-state index is 0.665. The van der Waals surface area contributed by atoms with E-state index in [2.05, 4.69) is 60.9 Å². The summed E-state index contributed by atoms with van der Waals surface area (Å²) in [7, 11) is 0. The summed E-state index contributed by atoms with van der Waals surface area (Å²) in [5, 5.41) is 0. The van der Waals surface area contributed by atoms with Crippen LogP contribution in [0.5, 0.6) is 0 Å². The molecule has 1 aromatic carbocycles. The van der Waals surface area contributed by atoms with Gasteiger partial charge in [0, 0.05) is 38.8 Å². The molecular weight excluding hydrogens is 220 g/mol. The predicted molar refractivity (Wildman–Crippen MR) is 77.6 cm³/mol. The molecule has 0 amide bonds. The van der Waals surface area contributed by atoms with Gasteiger partial charge in [0.25, 0.3) is 0 Å². The fraction of sp³-hybridized carbons (Fsp3) is 0.625. The van der Waals surface area contributed by atoms with Crippen LogP contribution in [-0.2, 0) is 6.54 Å². The Morgan fingerprint density at radius 1 is 1.17 bits per heavy atom. The number of nitrogens with zero attached hydrogens (tertiary/aromatic N) is 2. The Bertz CT molecular complexity index is 347. The van der Waals surface area contributed by atoms with Crippen molar-refractivity contribution in [3.05, 3.63) is 35.9 Å². The number of rotatable bonds is 4. The third-order valence-corrected chi connectivity index (χ3v) is 3.70. The fourth-order valence-corrected chi connectivity index (χ4v) is 2.81. The minimum absolute atomic E-state index is 0.665. The number of hydrogen-bond acceptors (Lipinski definition) is 2. The van der Waals surface area contributed by atoms with Crippen molar-refractivity contribution in [2.24, 2.45) is 5.92 Å². The van der Waals surface area contributed by atoms with E-state index in [0.717, 1.165) is 12.5 Å². The predicted octanol–water partition coefficient (Wildman–Crippen LogP) is 2.85. The lowest BCUT2D eigenvalue weighted by molar-refractivity contribution is 0.0708. The Hall–Kier alpha value is -0.860. The summed E-state index contributed by atoms with van der Waals surface area (Å²) >= 11 is 0. The Kier molecular flexibility index (Phi) is 4.79. The maximum atomic E-state index is 2.61. The van der Waals surface area contributed by atoms with Gasteiger partial charge in [0.2, 0.25) is 0 Å². The van der Waals surface area contributed by atoms with Gasteiger partial charge in [-0.15, -0.1) is 0 Å². The first-order chi connectivity index (χ1) is 8.65. The van der Waals surface area contributed by atoms with Crippen LogP contribution >= 0.6 is 0 Å². The molecule has 1 fully saturated rings. The van der Waals surface area contributed by atoms with Gasteiger partial charge in [-0.05, 0) is 18.4 Å². The summed E-state index contributed by atoms with van der Waals surface area (Å²) in [6.07, 6.45) is 0. The number of piperazine rings is 1. The summed E-state index contributed by atoms with van der Waals surface area (Å²) in [4.78, 5) is 5.21. The van der Waals surface area contributed by atoms with Crippen LogP contribution in [0.15, 0.2) is 30.3 Å². The molecule has 2 nitrogen and oxygen atoms in total. The van der Waals surface area contributed by atoms with Gasteiger partial charge >= 0.3 is 0 Å². The quantitative estimate of drug-likeness (QED) is 0.806. The maximum absolute atomic E-state index is 2.61. The molecule has 1 atom stereocenters. The lowest BCUT2D eigenvalue weighted by Gasteiger charge is -2.40. The van der Waals surface area contributed by atoms with E-state index in [1.807, 2.05) is 0 Å². The first kappa shape index (κ1) is 13.6. The molecule has 100 valence electrons. The van der Waals surface area contributed by atoms with Gasteiger partial charge in [0.15, 0.2) is 0 Å². The van der Waals surface area contributed by atoms with Crippen molar-refractivity contribution < 1.29 is 0 Å². The molecule has 0 aromatic heterocycles.